The summed E-state index contributed by atoms with van der Waals surface area (Å²) in [6.07, 6.45) is 4.34. The highest BCUT2D eigenvalue weighted by Crippen LogP contribution is 2.44. The van der Waals surface area contributed by atoms with Crippen molar-refractivity contribution in [2.24, 2.45) is 0 Å². The molecule has 0 amide bonds. The lowest BCUT2D eigenvalue weighted by atomic mass is 9.79. The molecule has 2 aliphatic rings. The van der Waals surface area contributed by atoms with Gasteiger partial charge in [0.2, 0.25) is 0 Å². The minimum absolute atomic E-state index is 0.0427. The number of nitrogens with one attached hydrogen (secondary N) is 1. The molecule has 1 aliphatic heterocycles. The van der Waals surface area contributed by atoms with Gasteiger partial charge in [-0.2, -0.15) is 0 Å². The second kappa shape index (κ2) is 7.31. The number of aromatic amines is 1. The van der Waals surface area contributed by atoms with Crippen molar-refractivity contribution in [1.29, 1.82) is 0 Å². The first kappa shape index (κ1) is 18.0. The molecule has 142 valence electrons. The Morgan fingerprint density at radius 2 is 2.15 bits per heavy atom. The van der Waals surface area contributed by atoms with E-state index in [4.69, 9.17) is 14.6 Å². The summed E-state index contributed by atoms with van der Waals surface area (Å²) in [6.45, 7) is 4.71. The van der Waals surface area contributed by atoms with Crippen LogP contribution in [-0.4, -0.2) is 59.6 Å². The molecule has 2 fully saturated rings. The number of nitrogens with zero attached hydrogens (tertiary/aromatic N) is 1. The van der Waals surface area contributed by atoms with Crippen molar-refractivity contribution in [3.8, 4) is 0 Å². The maximum atomic E-state index is 9.06. The monoisotopic (exact) mass is 358 g/mol. The van der Waals surface area contributed by atoms with E-state index < -0.39 is 0 Å². The predicted molar refractivity (Wildman–Crippen MR) is 102 cm³/mol. The summed E-state index contributed by atoms with van der Waals surface area (Å²) in [5.74, 6) is 0. The van der Waals surface area contributed by atoms with Gasteiger partial charge in [0, 0.05) is 42.8 Å². The van der Waals surface area contributed by atoms with Gasteiger partial charge in [-0.25, -0.2) is 0 Å². The number of fused-ring (bicyclic) bond motifs is 2. The SMILES string of the molecule is CO[C@@]12CC[C@H](OCCO)C[C@@H]1N(Cc1[nH]c3ccccc3c1C)CC2. The molecule has 5 heteroatoms. The molecule has 0 bridgehead atoms. The molecule has 2 aromatic rings. The Morgan fingerprint density at radius 1 is 1.31 bits per heavy atom. The minimum atomic E-state index is -0.0427. The Balaban J connectivity index is 1.54. The van der Waals surface area contributed by atoms with Gasteiger partial charge < -0.3 is 19.6 Å². The Labute approximate surface area is 155 Å². The van der Waals surface area contributed by atoms with Crippen LogP contribution in [0.1, 0.15) is 36.9 Å². The summed E-state index contributed by atoms with van der Waals surface area (Å²) in [5, 5.41) is 10.4. The standard InChI is InChI=1S/C21H30N2O3/c1-15-17-5-3-4-6-18(17)22-19(15)14-23-10-9-21(25-2)8-7-16(13-20(21)23)26-12-11-24/h3-6,16,20,22,24H,7-14H2,1-2H3/t16-,20-,21+/m0/s1. The highest BCUT2D eigenvalue weighted by molar-refractivity contribution is 5.84. The van der Waals surface area contributed by atoms with Crippen LogP contribution in [0, 0.1) is 6.92 Å². The summed E-state index contributed by atoms with van der Waals surface area (Å²) in [7, 11) is 1.86. The Bertz CT molecular complexity index is 759. The molecule has 0 radical (unpaired) electrons. The van der Waals surface area contributed by atoms with E-state index in [1.165, 1.54) is 22.2 Å². The number of aliphatic hydroxyl groups excluding tert-OH is 1. The normalized spacial score (nSPS) is 29.3. The van der Waals surface area contributed by atoms with Crippen LogP contribution in [0.3, 0.4) is 0 Å². The average molecular weight is 358 g/mol. The number of aromatic nitrogens is 1. The van der Waals surface area contributed by atoms with Gasteiger partial charge in [-0.05, 0) is 44.2 Å². The van der Waals surface area contributed by atoms with Crippen LogP contribution in [0.2, 0.25) is 0 Å². The van der Waals surface area contributed by atoms with Crippen molar-refractivity contribution in [2.45, 2.75) is 56.9 Å². The largest absolute Gasteiger partial charge is 0.394 e. The van der Waals surface area contributed by atoms with Gasteiger partial charge in [-0.1, -0.05) is 18.2 Å². The molecule has 1 saturated heterocycles. The molecule has 3 atom stereocenters. The molecule has 0 unspecified atom stereocenters. The number of benzene rings is 1. The van der Waals surface area contributed by atoms with Gasteiger partial charge in [0.05, 0.1) is 24.9 Å². The first-order valence-electron chi connectivity index (χ1n) is 9.75. The van der Waals surface area contributed by atoms with E-state index in [-0.39, 0.29) is 18.3 Å². The topological polar surface area (TPSA) is 57.7 Å². The van der Waals surface area contributed by atoms with Crippen LogP contribution >= 0.6 is 0 Å². The van der Waals surface area contributed by atoms with Gasteiger partial charge in [-0.3, -0.25) is 4.90 Å². The summed E-state index contributed by atoms with van der Waals surface area (Å²) in [6, 6.07) is 8.89. The molecule has 2 heterocycles. The average Bonchev–Trinajstić information content (AvgIpc) is 3.19. The number of hydrogen-bond acceptors (Lipinski definition) is 4. The maximum absolute atomic E-state index is 9.06. The third kappa shape index (κ3) is 3.07. The van der Waals surface area contributed by atoms with E-state index in [1.807, 2.05) is 7.11 Å². The third-order valence-electron chi connectivity index (χ3n) is 6.53. The fourth-order valence-corrected chi connectivity index (χ4v) is 5.02. The van der Waals surface area contributed by atoms with Crippen LogP contribution in [0.4, 0.5) is 0 Å². The van der Waals surface area contributed by atoms with Crippen molar-refractivity contribution in [3.63, 3.8) is 0 Å². The zero-order chi connectivity index (χ0) is 18.1. The predicted octanol–water partition coefficient (Wildman–Crippen LogP) is 3.00. The van der Waals surface area contributed by atoms with Crippen LogP contribution in [0.15, 0.2) is 24.3 Å². The Kier molecular flexibility index (Phi) is 5.06. The Hall–Kier alpha value is -1.40. The minimum Gasteiger partial charge on any atom is -0.394 e. The van der Waals surface area contributed by atoms with Crippen LogP contribution < -0.4 is 0 Å². The molecule has 2 N–H and O–H groups in total. The molecule has 1 aliphatic carbocycles. The highest BCUT2D eigenvalue weighted by Gasteiger charge is 2.51. The number of hydrogen-bond donors (Lipinski definition) is 2. The number of H-pyrrole nitrogens is 1. The molecule has 1 saturated carbocycles. The zero-order valence-corrected chi connectivity index (χ0v) is 15.8. The van der Waals surface area contributed by atoms with E-state index in [0.29, 0.717) is 12.6 Å². The Morgan fingerprint density at radius 3 is 2.92 bits per heavy atom. The second-order valence-electron chi connectivity index (χ2n) is 7.77. The van der Waals surface area contributed by atoms with E-state index in [9.17, 15) is 0 Å². The molecule has 1 aromatic carbocycles. The smallest absolute Gasteiger partial charge is 0.0847 e. The van der Waals surface area contributed by atoms with Gasteiger partial charge in [0.15, 0.2) is 0 Å². The molecule has 4 rings (SSSR count). The van der Waals surface area contributed by atoms with E-state index in [2.05, 4.69) is 41.1 Å². The molecule has 26 heavy (non-hydrogen) atoms. The molecule has 1 aromatic heterocycles. The van der Waals surface area contributed by atoms with Crippen molar-refractivity contribution in [2.75, 3.05) is 26.9 Å². The second-order valence-corrected chi connectivity index (χ2v) is 7.77. The zero-order valence-electron chi connectivity index (χ0n) is 15.8. The van der Waals surface area contributed by atoms with Crippen LogP contribution in [0.5, 0.6) is 0 Å². The van der Waals surface area contributed by atoms with Gasteiger partial charge in [0.1, 0.15) is 0 Å². The third-order valence-corrected chi connectivity index (χ3v) is 6.53. The number of likely N-dealkylation sites (tertiary alicyclic amines) is 1. The number of aliphatic hydroxyl groups is 1. The molecule has 0 spiro atoms. The number of rotatable bonds is 6. The summed E-state index contributed by atoms with van der Waals surface area (Å²) >= 11 is 0. The fraction of sp³-hybridized carbons (Fsp3) is 0.619. The van der Waals surface area contributed by atoms with E-state index >= 15 is 0 Å². The lowest BCUT2D eigenvalue weighted by Gasteiger charge is -2.43. The van der Waals surface area contributed by atoms with Gasteiger partial charge in [0.25, 0.3) is 0 Å². The first-order valence-corrected chi connectivity index (χ1v) is 9.75. The quantitative estimate of drug-likeness (QED) is 0.833. The van der Waals surface area contributed by atoms with Crippen molar-refractivity contribution in [3.05, 3.63) is 35.5 Å². The lowest BCUT2D eigenvalue weighted by Crippen LogP contribution is -2.51. The van der Waals surface area contributed by atoms with Crippen molar-refractivity contribution in [1.82, 2.24) is 9.88 Å². The number of aryl methyl sites for hydroxylation is 1. The number of para-hydroxylation sites is 1. The highest BCUT2D eigenvalue weighted by atomic mass is 16.5. The summed E-state index contributed by atoms with van der Waals surface area (Å²) < 4.78 is 11.9. The fourth-order valence-electron chi connectivity index (χ4n) is 5.02. The van der Waals surface area contributed by atoms with E-state index in [0.717, 1.165) is 38.8 Å². The van der Waals surface area contributed by atoms with Crippen LogP contribution in [-0.2, 0) is 16.0 Å². The molecular formula is C21H30N2O3. The number of methoxy groups -OCH3 is 1. The molecule has 5 nitrogen and oxygen atoms in total. The van der Waals surface area contributed by atoms with Gasteiger partial charge in [-0.15, -0.1) is 0 Å². The summed E-state index contributed by atoms with van der Waals surface area (Å²) in [5.41, 5.74) is 3.82. The lowest BCUT2D eigenvalue weighted by molar-refractivity contribution is -0.104. The summed E-state index contributed by atoms with van der Waals surface area (Å²) in [4.78, 5) is 6.18. The first-order chi connectivity index (χ1) is 12.7. The molecular weight excluding hydrogens is 328 g/mol. The van der Waals surface area contributed by atoms with Crippen molar-refractivity contribution < 1.29 is 14.6 Å². The van der Waals surface area contributed by atoms with Crippen molar-refractivity contribution >= 4 is 10.9 Å². The maximum Gasteiger partial charge on any atom is 0.0847 e. The number of ether oxygens (including phenoxy) is 2. The van der Waals surface area contributed by atoms with E-state index in [1.54, 1.807) is 0 Å². The van der Waals surface area contributed by atoms with Crippen LogP contribution in [0.25, 0.3) is 10.9 Å². The van der Waals surface area contributed by atoms with Gasteiger partial charge >= 0.3 is 0 Å².